The van der Waals surface area contributed by atoms with Gasteiger partial charge < -0.3 is 43.7 Å². The van der Waals surface area contributed by atoms with E-state index >= 15 is 0 Å². The molecule has 66 heavy (non-hydrogen) atoms. The molecular weight excluding hydrogens is 849 g/mol. The predicted octanol–water partition coefficient (Wildman–Crippen LogP) is 6.46. The van der Waals surface area contributed by atoms with Crippen LogP contribution in [0.1, 0.15) is 91.5 Å². The van der Waals surface area contributed by atoms with Gasteiger partial charge in [-0.1, -0.05) is 43.3 Å². The fourth-order valence-corrected chi connectivity index (χ4v) is 8.58. The molecule has 2 aromatic rings. The van der Waals surface area contributed by atoms with Gasteiger partial charge >= 0.3 is 0 Å². The lowest BCUT2D eigenvalue weighted by atomic mass is 9.96. The van der Waals surface area contributed by atoms with Crippen molar-refractivity contribution in [1.29, 1.82) is 0 Å². The molecule has 354 valence electrons. The molecule has 4 aliphatic rings. The van der Waals surface area contributed by atoms with Crippen LogP contribution < -0.4 is 24.4 Å². The standard InChI is InChI=1S/C48H62N8O10/c1-30(2)46(52-44(58)12-16-63-18-19-64-17-13-51-53-49)40(57)10-11-45(59)56-29-35-21-32(4)28-55(35)48(61)37-23-42(62-6)43(25-39(37)56)66-15-9-7-8-14-65-41-24-38-36(22-33(41)5)47(60)54-27-31(3)20-34(54)26-50-38/h22-26,30,34-35,46H,3-4,7-21,27-29H2,1-2,5-6H3,(H,52,58)/t34-,35-,46-/m0/s1. The lowest BCUT2D eigenvalue weighted by molar-refractivity contribution is -0.130. The second kappa shape index (κ2) is 23.3. The summed E-state index contributed by atoms with van der Waals surface area (Å²) < 4.78 is 28.8. The number of nitrogens with one attached hydrogen (secondary N) is 1. The first-order valence-corrected chi connectivity index (χ1v) is 22.7. The van der Waals surface area contributed by atoms with Gasteiger partial charge in [-0.05, 0) is 68.2 Å². The highest BCUT2D eigenvalue weighted by Crippen LogP contribution is 2.41. The number of Topliss-reactive ketones (excluding diaryl/α,β-unsaturated/α-hetero) is 1. The summed E-state index contributed by atoms with van der Waals surface area (Å²) in [5.74, 6) is -0.0827. The molecule has 0 bridgehead atoms. The molecule has 4 aliphatic heterocycles. The Labute approximate surface area is 385 Å². The number of anilines is 1. The van der Waals surface area contributed by atoms with Crippen molar-refractivity contribution < 1.29 is 47.7 Å². The van der Waals surface area contributed by atoms with E-state index in [1.807, 2.05) is 44.0 Å². The van der Waals surface area contributed by atoms with Crippen LogP contribution in [0.2, 0.25) is 0 Å². The van der Waals surface area contributed by atoms with Crippen LogP contribution in [0.3, 0.4) is 0 Å². The Bertz CT molecular complexity index is 2250. The number of unbranched alkanes of at least 4 members (excludes halogenated alkanes) is 2. The zero-order chi connectivity index (χ0) is 47.3. The summed E-state index contributed by atoms with van der Waals surface area (Å²) in [5.41, 5.74) is 12.9. The Morgan fingerprint density at radius 1 is 0.848 bits per heavy atom. The monoisotopic (exact) mass is 910 g/mol. The third-order valence-corrected chi connectivity index (χ3v) is 12.0. The van der Waals surface area contributed by atoms with Crippen molar-refractivity contribution in [3.63, 3.8) is 0 Å². The molecule has 0 spiro atoms. The summed E-state index contributed by atoms with van der Waals surface area (Å²) in [6.07, 6.45) is 5.07. The van der Waals surface area contributed by atoms with E-state index in [0.717, 1.165) is 36.0 Å². The number of ether oxygens (including phenoxy) is 5. The number of aryl methyl sites for hydroxylation is 1. The van der Waals surface area contributed by atoms with Gasteiger partial charge in [-0.15, -0.1) is 0 Å². The molecule has 2 saturated heterocycles. The molecule has 0 radical (unpaired) electrons. The first-order chi connectivity index (χ1) is 31.8. The number of carbonyl (C=O) groups excluding carboxylic acids is 5. The smallest absolute Gasteiger partial charge is 0.256 e. The average Bonchev–Trinajstić information content (AvgIpc) is 3.81. The summed E-state index contributed by atoms with van der Waals surface area (Å²) in [4.78, 5) is 80.3. The molecule has 2 aromatic carbocycles. The number of ketones is 1. The molecule has 1 N–H and O–H groups in total. The molecule has 18 heteroatoms. The maximum Gasteiger partial charge on any atom is 0.256 e. The highest BCUT2D eigenvalue weighted by molar-refractivity contribution is 6.08. The van der Waals surface area contributed by atoms with E-state index in [4.69, 9.17) is 29.2 Å². The van der Waals surface area contributed by atoms with Crippen LogP contribution >= 0.6 is 0 Å². The van der Waals surface area contributed by atoms with E-state index in [9.17, 15) is 24.0 Å². The van der Waals surface area contributed by atoms with Crippen LogP contribution in [0.4, 0.5) is 11.4 Å². The number of carbonyl (C=O) groups is 5. The van der Waals surface area contributed by atoms with Gasteiger partial charge in [0.1, 0.15) is 5.75 Å². The summed E-state index contributed by atoms with van der Waals surface area (Å²) in [5, 5.41) is 6.19. The quantitative estimate of drug-likeness (QED) is 0.0399. The van der Waals surface area contributed by atoms with Crippen LogP contribution in [0.5, 0.6) is 17.2 Å². The van der Waals surface area contributed by atoms with E-state index < -0.39 is 6.04 Å². The maximum absolute atomic E-state index is 14.2. The minimum Gasteiger partial charge on any atom is -0.493 e. The highest BCUT2D eigenvalue weighted by Gasteiger charge is 2.40. The molecule has 0 aliphatic carbocycles. The highest BCUT2D eigenvalue weighted by atomic mass is 16.5. The van der Waals surface area contributed by atoms with Gasteiger partial charge in [-0.2, -0.15) is 0 Å². The van der Waals surface area contributed by atoms with Crippen LogP contribution in [-0.4, -0.2) is 136 Å². The van der Waals surface area contributed by atoms with Gasteiger partial charge in [-0.3, -0.25) is 29.0 Å². The van der Waals surface area contributed by atoms with Gasteiger partial charge in [-0.25, -0.2) is 0 Å². The van der Waals surface area contributed by atoms with Crippen molar-refractivity contribution in [2.75, 3.05) is 77.8 Å². The van der Waals surface area contributed by atoms with Gasteiger partial charge in [0.15, 0.2) is 17.3 Å². The second-order valence-electron chi connectivity index (χ2n) is 17.4. The first-order valence-electron chi connectivity index (χ1n) is 22.7. The normalized spacial score (nSPS) is 17.9. The zero-order valence-electron chi connectivity index (χ0n) is 38.6. The molecular formula is C48H62N8O10. The van der Waals surface area contributed by atoms with Crippen molar-refractivity contribution in [1.82, 2.24) is 15.1 Å². The van der Waals surface area contributed by atoms with Crippen LogP contribution in [-0.2, 0) is 23.9 Å². The number of methoxy groups -OCH3 is 1. The van der Waals surface area contributed by atoms with Gasteiger partial charge in [0.25, 0.3) is 11.8 Å². The number of amides is 4. The number of rotatable bonds is 24. The van der Waals surface area contributed by atoms with E-state index in [1.165, 1.54) is 7.11 Å². The number of hydrogen-bond acceptors (Lipinski definition) is 12. The average molecular weight is 911 g/mol. The fourth-order valence-electron chi connectivity index (χ4n) is 8.58. The van der Waals surface area contributed by atoms with E-state index in [0.29, 0.717) is 73.3 Å². The number of azide groups is 1. The molecule has 0 unspecified atom stereocenters. The molecule has 4 amide bonds. The number of hydrogen-bond donors (Lipinski definition) is 1. The Morgan fingerprint density at radius 3 is 2.27 bits per heavy atom. The van der Waals surface area contributed by atoms with Gasteiger partial charge in [0.2, 0.25) is 11.8 Å². The summed E-state index contributed by atoms with van der Waals surface area (Å²) in [6, 6.07) is 5.79. The Hall–Kier alpha value is -6.23. The van der Waals surface area contributed by atoms with Crippen LogP contribution in [0.25, 0.3) is 10.4 Å². The molecule has 0 aromatic heterocycles. The van der Waals surface area contributed by atoms with Crippen molar-refractivity contribution in [3.05, 3.63) is 75.7 Å². The Morgan fingerprint density at radius 2 is 1.55 bits per heavy atom. The fraction of sp³-hybridized carbons (Fsp3) is 0.542. The minimum absolute atomic E-state index is 0.0337. The molecule has 18 nitrogen and oxygen atoms in total. The van der Waals surface area contributed by atoms with Crippen molar-refractivity contribution in [2.24, 2.45) is 16.0 Å². The zero-order valence-corrected chi connectivity index (χ0v) is 38.6. The number of fused-ring (bicyclic) bond motifs is 4. The molecule has 6 rings (SSSR count). The van der Waals surface area contributed by atoms with Crippen molar-refractivity contribution in [2.45, 2.75) is 90.3 Å². The third-order valence-electron chi connectivity index (χ3n) is 12.0. The van der Waals surface area contributed by atoms with Crippen molar-refractivity contribution in [3.8, 4) is 17.2 Å². The lowest BCUT2D eigenvalue weighted by Crippen LogP contribution is -2.45. The van der Waals surface area contributed by atoms with Crippen LogP contribution in [0, 0.1) is 12.8 Å². The number of nitrogens with zero attached hydrogens (tertiary/aromatic N) is 7. The summed E-state index contributed by atoms with van der Waals surface area (Å²) >= 11 is 0. The third kappa shape index (κ3) is 12.4. The molecule has 0 saturated carbocycles. The van der Waals surface area contributed by atoms with Crippen molar-refractivity contribution >= 4 is 47.0 Å². The topological polar surface area (TPSA) is 214 Å². The second-order valence-corrected chi connectivity index (χ2v) is 17.4. The van der Waals surface area contributed by atoms with Gasteiger partial charge in [0.05, 0.1) is 87.4 Å². The molecule has 4 heterocycles. The molecule has 2 fully saturated rings. The Kier molecular flexibility index (Phi) is 17.4. The van der Waals surface area contributed by atoms with E-state index in [1.54, 1.807) is 21.9 Å². The minimum atomic E-state index is -0.809. The van der Waals surface area contributed by atoms with Gasteiger partial charge in [0, 0.05) is 68.7 Å². The van der Waals surface area contributed by atoms with E-state index in [2.05, 4.69) is 33.5 Å². The SMILES string of the molecule is C=C1C[C@H]2CN(C(=O)CCC(=O)[C@@H](NC(=O)CCOCCOCCN=[N+]=[N-])C(C)C)c3cc(OCCCCCOc4cc5c(cc4C)C(=O)N4CC(=C)C[C@H]4C=N5)c(OC)cc3C(=O)N2C1. The summed E-state index contributed by atoms with van der Waals surface area (Å²) in [7, 11) is 1.50. The van der Waals surface area contributed by atoms with Crippen LogP contribution in [0.15, 0.2) is 58.7 Å². The number of benzene rings is 2. The maximum atomic E-state index is 14.2. The Balaban J connectivity index is 1.03. The lowest BCUT2D eigenvalue weighted by Gasteiger charge is -2.27. The van der Waals surface area contributed by atoms with E-state index in [-0.39, 0.29) is 112 Å². The molecule has 3 atom stereocenters. The first kappa shape index (κ1) is 49.2. The number of aliphatic imine (C=N–C) groups is 1. The summed E-state index contributed by atoms with van der Waals surface area (Å²) in [6.45, 7) is 16.8. The largest absolute Gasteiger partial charge is 0.493 e. The predicted molar refractivity (Wildman–Crippen MR) is 248 cm³/mol.